The molecule has 2 aromatic rings. The van der Waals surface area contributed by atoms with Crippen LogP contribution in [0.5, 0.6) is 0 Å². The summed E-state index contributed by atoms with van der Waals surface area (Å²) in [5, 5.41) is 12.8. The number of nitrogens with zero attached hydrogens (tertiary/aromatic N) is 1. The number of hydrogen-bond acceptors (Lipinski definition) is 3. The minimum atomic E-state index is -0.557. The maximum Gasteiger partial charge on any atom is 0.253 e. The second-order valence-electron chi connectivity index (χ2n) is 4.39. The average molecular weight is 244 g/mol. The fourth-order valence-electron chi connectivity index (χ4n) is 1.76. The molecular formula is C14H16N2O2. The van der Waals surface area contributed by atoms with Crippen LogP contribution < -0.4 is 5.32 Å². The summed E-state index contributed by atoms with van der Waals surface area (Å²) in [6.07, 6.45) is -0.557. The predicted octanol–water partition coefficient (Wildman–Crippen LogP) is 1.65. The van der Waals surface area contributed by atoms with E-state index in [2.05, 4.69) is 10.3 Å². The number of fused-ring (bicyclic) bond motifs is 1. The average Bonchev–Trinajstić information content (AvgIpc) is 2.35. The van der Waals surface area contributed by atoms with E-state index in [4.69, 9.17) is 0 Å². The molecule has 0 aliphatic rings. The Morgan fingerprint density at radius 3 is 2.89 bits per heavy atom. The Balaban J connectivity index is 2.38. The standard InChI is InChI=1S/C14H16N2O2/c1-9-6-7-11-4-3-5-12(13(11)16-9)14(18)15-8-10(2)17/h3-7,10,17H,8H2,1-2H3,(H,15,18). The fourth-order valence-corrected chi connectivity index (χ4v) is 1.76. The van der Waals surface area contributed by atoms with Crippen molar-refractivity contribution in [2.24, 2.45) is 0 Å². The van der Waals surface area contributed by atoms with Crippen LogP contribution in [0.4, 0.5) is 0 Å². The van der Waals surface area contributed by atoms with E-state index in [1.165, 1.54) is 0 Å². The summed E-state index contributed by atoms with van der Waals surface area (Å²) in [4.78, 5) is 16.4. The highest BCUT2D eigenvalue weighted by molar-refractivity contribution is 6.05. The highest BCUT2D eigenvalue weighted by Crippen LogP contribution is 2.17. The molecule has 4 nitrogen and oxygen atoms in total. The summed E-state index contributed by atoms with van der Waals surface area (Å²) >= 11 is 0. The predicted molar refractivity (Wildman–Crippen MR) is 70.5 cm³/mol. The number of nitrogens with one attached hydrogen (secondary N) is 1. The summed E-state index contributed by atoms with van der Waals surface area (Å²) < 4.78 is 0. The molecule has 2 N–H and O–H groups in total. The number of benzene rings is 1. The zero-order valence-electron chi connectivity index (χ0n) is 10.5. The SMILES string of the molecule is Cc1ccc2cccc(C(=O)NCC(C)O)c2n1. The molecule has 0 saturated carbocycles. The minimum Gasteiger partial charge on any atom is -0.392 e. The molecule has 0 aliphatic carbocycles. The van der Waals surface area contributed by atoms with E-state index in [0.29, 0.717) is 11.1 Å². The Kier molecular flexibility index (Phi) is 3.58. The van der Waals surface area contributed by atoms with Crippen molar-refractivity contribution >= 4 is 16.8 Å². The Hall–Kier alpha value is -1.94. The number of aliphatic hydroxyl groups excluding tert-OH is 1. The van der Waals surface area contributed by atoms with Crippen LogP contribution >= 0.6 is 0 Å². The first-order valence-electron chi connectivity index (χ1n) is 5.90. The highest BCUT2D eigenvalue weighted by atomic mass is 16.3. The van der Waals surface area contributed by atoms with E-state index in [-0.39, 0.29) is 12.5 Å². The van der Waals surface area contributed by atoms with E-state index in [9.17, 15) is 9.90 Å². The number of aromatic nitrogens is 1. The molecule has 1 aromatic carbocycles. The topological polar surface area (TPSA) is 62.2 Å². The molecule has 1 unspecified atom stereocenters. The lowest BCUT2D eigenvalue weighted by Crippen LogP contribution is -2.30. The summed E-state index contributed by atoms with van der Waals surface area (Å²) in [6, 6.07) is 9.36. The van der Waals surface area contributed by atoms with Gasteiger partial charge in [-0.05, 0) is 26.0 Å². The summed E-state index contributed by atoms with van der Waals surface area (Å²) in [5.41, 5.74) is 2.11. The van der Waals surface area contributed by atoms with Crippen molar-refractivity contribution < 1.29 is 9.90 Å². The quantitative estimate of drug-likeness (QED) is 0.863. The van der Waals surface area contributed by atoms with Gasteiger partial charge in [-0.3, -0.25) is 9.78 Å². The van der Waals surface area contributed by atoms with Gasteiger partial charge in [-0.2, -0.15) is 0 Å². The number of amides is 1. The Bertz CT molecular complexity index is 579. The first kappa shape index (κ1) is 12.5. The summed E-state index contributed by atoms with van der Waals surface area (Å²) in [7, 11) is 0. The number of aryl methyl sites for hydroxylation is 1. The molecular weight excluding hydrogens is 228 g/mol. The lowest BCUT2D eigenvalue weighted by molar-refractivity contribution is 0.0925. The molecule has 1 heterocycles. The zero-order valence-corrected chi connectivity index (χ0v) is 10.5. The Labute approximate surface area is 106 Å². The number of rotatable bonds is 3. The van der Waals surface area contributed by atoms with E-state index in [1.807, 2.05) is 31.2 Å². The second-order valence-corrected chi connectivity index (χ2v) is 4.39. The molecule has 0 radical (unpaired) electrons. The molecule has 1 atom stereocenters. The van der Waals surface area contributed by atoms with Crippen molar-refractivity contribution in [3.63, 3.8) is 0 Å². The first-order valence-corrected chi connectivity index (χ1v) is 5.90. The smallest absolute Gasteiger partial charge is 0.253 e. The van der Waals surface area contributed by atoms with Crippen molar-refractivity contribution in [3.05, 3.63) is 41.6 Å². The van der Waals surface area contributed by atoms with Crippen LogP contribution in [-0.4, -0.2) is 28.6 Å². The van der Waals surface area contributed by atoms with Crippen LogP contribution in [0.25, 0.3) is 10.9 Å². The minimum absolute atomic E-state index is 0.209. The third-order valence-corrected chi connectivity index (χ3v) is 2.66. The van der Waals surface area contributed by atoms with Crippen LogP contribution in [0.2, 0.25) is 0 Å². The molecule has 18 heavy (non-hydrogen) atoms. The van der Waals surface area contributed by atoms with Gasteiger partial charge >= 0.3 is 0 Å². The molecule has 2 rings (SSSR count). The van der Waals surface area contributed by atoms with Crippen LogP contribution in [0.1, 0.15) is 23.0 Å². The lowest BCUT2D eigenvalue weighted by atomic mass is 10.1. The van der Waals surface area contributed by atoms with Gasteiger partial charge in [0.2, 0.25) is 0 Å². The Morgan fingerprint density at radius 1 is 1.39 bits per heavy atom. The lowest BCUT2D eigenvalue weighted by Gasteiger charge is -2.09. The molecule has 0 bridgehead atoms. The third-order valence-electron chi connectivity index (χ3n) is 2.66. The molecule has 0 fully saturated rings. The van der Waals surface area contributed by atoms with Crippen molar-refractivity contribution in [3.8, 4) is 0 Å². The molecule has 0 aliphatic heterocycles. The van der Waals surface area contributed by atoms with Gasteiger partial charge in [0, 0.05) is 17.6 Å². The summed E-state index contributed by atoms with van der Waals surface area (Å²) in [5.74, 6) is -0.209. The number of carbonyl (C=O) groups is 1. The van der Waals surface area contributed by atoms with Crippen molar-refractivity contribution in [1.29, 1.82) is 0 Å². The van der Waals surface area contributed by atoms with Gasteiger partial charge in [-0.25, -0.2) is 0 Å². The van der Waals surface area contributed by atoms with E-state index >= 15 is 0 Å². The molecule has 1 amide bonds. The van der Waals surface area contributed by atoms with Gasteiger partial charge in [-0.15, -0.1) is 0 Å². The normalized spacial score (nSPS) is 12.4. The van der Waals surface area contributed by atoms with E-state index in [0.717, 1.165) is 11.1 Å². The van der Waals surface area contributed by atoms with Crippen LogP contribution in [0.15, 0.2) is 30.3 Å². The van der Waals surface area contributed by atoms with Gasteiger partial charge in [0.15, 0.2) is 0 Å². The van der Waals surface area contributed by atoms with Gasteiger partial charge in [0.05, 0.1) is 17.2 Å². The number of aliphatic hydroxyl groups is 1. The highest BCUT2D eigenvalue weighted by Gasteiger charge is 2.11. The van der Waals surface area contributed by atoms with Crippen LogP contribution in [-0.2, 0) is 0 Å². The number of hydrogen-bond donors (Lipinski definition) is 2. The Morgan fingerprint density at radius 2 is 2.17 bits per heavy atom. The van der Waals surface area contributed by atoms with Gasteiger partial charge in [0.25, 0.3) is 5.91 Å². The first-order chi connectivity index (χ1) is 8.58. The fraction of sp³-hybridized carbons (Fsp3) is 0.286. The van der Waals surface area contributed by atoms with E-state index < -0.39 is 6.10 Å². The third kappa shape index (κ3) is 2.65. The van der Waals surface area contributed by atoms with Crippen molar-refractivity contribution in [2.75, 3.05) is 6.54 Å². The monoisotopic (exact) mass is 244 g/mol. The number of para-hydroxylation sites is 1. The molecule has 0 spiro atoms. The van der Waals surface area contributed by atoms with Crippen LogP contribution in [0.3, 0.4) is 0 Å². The van der Waals surface area contributed by atoms with Gasteiger partial charge in [0.1, 0.15) is 0 Å². The maximum absolute atomic E-state index is 12.0. The number of carbonyl (C=O) groups excluding carboxylic acids is 1. The summed E-state index contributed by atoms with van der Waals surface area (Å²) in [6.45, 7) is 3.76. The largest absolute Gasteiger partial charge is 0.392 e. The molecule has 1 aromatic heterocycles. The van der Waals surface area contributed by atoms with Crippen molar-refractivity contribution in [1.82, 2.24) is 10.3 Å². The molecule has 4 heteroatoms. The second kappa shape index (κ2) is 5.14. The molecule has 94 valence electrons. The van der Waals surface area contributed by atoms with Crippen molar-refractivity contribution in [2.45, 2.75) is 20.0 Å². The van der Waals surface area contributed by atoms with Gasteiger partial charge in [-0.1, -0.05) is 18.2 Å². The zero-order chi connectivity index (χ0) is 13.1. The van der Waals surface area contributed by atoms with E-state index in [1.54, 1.807) is 13.0 Å². The van der Waals surface area contributed by atoms with Gasteiger partial charge < -0.3 is 10.4 Å². The maximum atomic E-state index is 12.0. The molecule has 0 saturated heterocycles. The number of pyridine rings is 1. The van der Waals surface area contributed by atoms with Crippen LogP contribution in [0, 0.1) is 6.92 Å².